The van der Waals surface area contributed by atoms with Crippen LogP contribution in [-0.4, -0.2) is 43.0 Å². The summed E-state index contributed by atoms with van der Waals surface area (Å²) in [5.41, 5.74) is 0.924. The number of nitrogens with zero attached hydrogens (tertiary/aromatic N) is 1. The maximum Gasteiger partial charge on any atom is 0.320 e. The number of hydrogen-bond acceptors (Lipinski definition) is 5. The van der Waals surface area contributed by atoms with E-state index in [-0.39, 0.29) is 6.79 Å². The van der Waals surface area contributed by atoms with Crippen molar-refractivity contribution in [2.75, 3.05) is 21.0 Å². The highest BCUT2D eigenvalue weighted by Gasteiger charge is 2.23. The first-order valence-electron chi connectivity index (χ1n) is 6.46. The number of hydrogen-bond donors (Lipinski definition) is 1. The molecule has 0 fully saturated rings. The van der Waals surface area contributed by atoms with E-state index in [1.807, 2.05) is 19.1 Å². The van der Waals surface area contributed by atoms with E-state index in [1.54, 1.807) is 19.1 Å². The number of likely N-dealkylation sites (N-methyl/N-ethyl adjacent to an activating group) is 1. The van der Waals surface area contributed by atoms with E-state index >= 15 is 0 Å². The molecule has 0 aromatic heterocycles. The highest BCUT2D eigenvalue weighted by molar-refractivity contribution is 5.73. The fraction of sp³-hybridized carbons (Fsp3) is 0.500. The number of benzene rings is 1. The Morgan fingerprint density at radius 1 is 1.50 bits per heavy atom. The van der Waals surface area contributed by atoms with E-state index in [4.69, 9.17) is 19.3 Å². The molecule has 1 aliphatic rings. The Hall–Kier alpha value is -1.95. The molecule has 1 aliphatic heterocycles. The first-order valence-corrected chi connectivity index (χ1v) is 6.46. The molecule has 6 nitrogen and oxygen atoms in total. The lowest BCUT2D eigenvalue weighted by molar-refractivity contribution is -0.143. The van der Waals surface area contributed by atoms with E-state index < -0.39 is 12.0 Å². The number of rotatable bonds is 6. The molecule has 1 N–H and O–H groups in total. The van der Waals surface area contributed by atoms with Crippen LogP contribution in [0.3, 0.4) is 0 Å². The molecule has 20 heavy (non-hydrogen) atoms. The molecule has 0 spiro atoms. The number of ether oxygens (including phenoxy) is 3. The summed E-state index contributed by atoms with van der Waals surface area (Å²) in [5.74, 6) is 1.02. The molecule has 0 radical (unpaired) electrons. The molecule has 1 unspecified atom stereocenters. The van der Waals surface area contributed by atoms with Gasteiger partial charge in [-0.3, -0.25) is 9.69 Å². The lowest BCUT2D eigenvalue weighted by Gasteiger charge is -2.23. The van der Waals surface area contributed by atoms with Crippen molar-refractivity contribution < 1.29 is 24.1 Å². The van der Waals surface area contributed by atoms with E-state index in [1.165, 1.54) is 0 Å². The van der Waals surface area contributed by atoms with Crippen LogP contribution in [0.1, 0.15) is 18.9 Å². The third kappa shape index (κ3) is 2.80. The van der Waals surface area contributed by atoms with Gasteiger partial charge in [0.2, 0.25) is 12.5 Å². The summed E-state index contributed by atoms with van der Waals surface area (Å²) in [5, 5.41) is 9.17. The Kier molecular flexibility index (Phi) is 4.34. The van der Waals surface area contributed by atoms with Gasteiger partial charge in [-0.1, -0.05) is 6.92 Å². The van der Waals surface area contributed by atoms with Gasteiger partial charge in [0, 0.05) is 6.54 Å². The van der Waals surface area contributed by atoms with Crippen molar-refractivity contribution in [2.45, 2.75) is 25.9 Å². The Labute approximate surface area is 117 Å². The molecule has 1 atom stereocenters. The largest absolute Gasteiger partial charge is 0.493 e. The smallest absolute Gasteiger partial charge is 0.320 e. The summed E-state index contributed by atoms with van der Waals surface area (Å²) in [6.07, 6.45) is 0.549. The zero-order valence-corrected chi connectivity index (χ0v) is 11.9. The second-order valence-electron chi connectivity index (χ2n) is 4.71. The number of carboxylic acids is 1. The lowest BCUT2D eigenvalue weighted by atomic mass is 10.1. The number of aliphatic carboxylic acids is 1. The minimum Gasteiger partial charge on any atom is -0.493 e. The van der Waals surface area contributed by atoms with Gasteiger partial charge in [-0.2, -0.15) is 0 Å². The van der Waals surface area contributed by atoms with Crippen LogP contribution in [0.2, 0.25) is 0 Å². The maximum atomic E-state index is 11.2. The monoisotopic (exact) mass is 281 g/mol. The molecule has 0 bridgehead atoms. The van der Waals surface area contributed by atoms with Gasteiger partial charge in [0.25, 0.3) is 0 Å². The van der Waals surface area contributed by atoms with E-state index in [0.29, 0.717) is 30.2 Å². The molecule has 6 heteroatoms. The molecule has 1 aromatic carbocycles. The van der Waals surface area contributed by atoms with Crippen LogP contribution in [-0.2, 0) is 11.3 Å². The Morgan fingerprint density at radius 2 is 2.25 bits per heavy atom. The van der Waals surface area contributed by atoms with Crippen molar-refractivity contribution in [1.82, 2.24) is 4.90 Å². The minimum atomic E-state index is -0.817. The first-order chi connectivity index (χ1) is 9.56. The van der Waals surface area contributed by atoms with Crippen LogP contribution in [0, 0.1) is 0 Å². The molecule has 1 heterocycles. The Balaban J connectivity index is 2.19. The van der Waals surface area contributed by atoms with E-state index in [2.05, 4.69) is 0 Å². The molecule has 2 rings (SSSR count). The number of carboxylic acid groups (broad SMARTS) is 1. The van der Waals surface area contributed by atoms with Crippen LogP contribution in [0.15, 0.2) is 12.1 Å². The van der Waals surface area contributed by atoms with Crippen molar-refractivity contribution in [1.29, 1.82) is 0 Å². The van der Waals surface area contributed by atoms with Gasteiger partial charge in [-0.25, -0.2) is 0 Å². The molecule has 0 saturated carbocycles. The standard InChI is InChI=1S/C14H19NO5/c1-4-10(14(16)17)15(2)7-9-5-11(18-3)13-12(6-9)19-8-20-13/h5-6,10H,4,7-8H2,1-3H3,(H,16,17). The van der Waals surface area contributed by atoms with E-state index in [9.17, 15) is 4.79 Å². The molecule has 1 aromatic rings. The van der Waals surface area contributed by atoms with Gasteiger partial charge in [0.15, 0.2) is 11.5 Å². The van der Waals surface area contributed by atoms with Gasteiger partial charge in [-0.05, 0) is 31.2 Å². The average molecular weight is 281 g/mol. The summed E-state index contributed by atoms with van der Waals surface area (Å²) in [4.78, 5) is 13.0. The fourth-order valence-corrected chi connectivity index (χ4v) is 2.35. The van der Waals surface area contributed by atoms with Crippen LogP contribution in [0.25, 0.3) is 0 Å². The predicted octanol–water partition coefficient (Wildman–Crippen LogP) is 1.72. The quantitative estimate of drug-likeness (QED) is 0.856. The fourth-order valence-electron chi connectivity index (χ4n) is 2.35. The number of carbonyl (C=O) groups is 1. The third-order valence-corrected chi connectivity index (χ3v) is 3.35. The summed E-state index contributed by atoms with van der Waals surface area (Å²) in [6.45, 7) is 2.53. The average Bonchev–Trinajstić information content (AvgIpc) is 2.86. The summed E-state index contributed by atoms with van der Waals surface area (Å²) < 4.78 is 16.0. The first kappa shape index (κ1) is 14.5. The highest BCUT2D eigenvalue weighted by atomic mass is 16.7. The SMILES string of the molecule is CCC(C(=O)O)N(C)Cc1cc(OC)c2c(c1)OCO2. The van der Waals surface area contributed by atoms with Gasteiger partial charge in [-0.15, -0.1) is 0 Å². The summed E-state index contributed by atoms with van der Waals surface area (Å²) >= 11 is 0. The Bertz CT molecular complexity index is 503. The summed E-state index contributed by atoms with van der Waals surface area (Å²) in [7, 11) is 3.36. The zero-order chi connectivity index (χ0) is 14.7. The van der Waals surface area contributed by atoms with Crippen molar-refractivity contribution >= 4 is 5.97 Å². The van der Waals surface area contributed by atoms with Crippen LogP contribution in [0.4, 0.5) is 0 Å². The van der Waals surface area contributed by atoms with Crippen molar-refractivity contribution in [3.05, 3.63) is 17.7 Å². The van der Waals surface area contributed by atoms with Crippen LogP contribution in [0.5, 0.6) is 17.2 Å². The highest BCUT2D eigenvalue weighted by Crippen LogP contribution is 2.42. The number of fused-ring (bicyclic) bond motifs is 1. The molecule has 0 saturated heterocycles. The normalized spacial score (nSPS) is 14.4. The zero-order valence-electron chi connectivity index (χ0n) is 11.9. The van der Waals surface area contributed by atoms with Gasteiger partial charge < -0.3 is 19.3 Å². The predicted molar refractivity (Wildman–Crippen MR) is 72.3 cm³/mol. The second kappa shape index (κ2) is 6.00. The topological polar surface area (TPSA) is 68.2 Å². The minimum absolute atomic E-state index is 0.178. The van der Waals surface area contributed by atoms with Crippen LogP contribution < -0.4 is 14.2 Å². The molecule has 0 aliphatic carbocycles. The van der Waals surface area contributed by atoms with Gasteiger partial charge in [0.1, 0.15) is 6.04 Å². The van der Waals surface area contributed by atoms with E-state index in [0.717, 1.165) is 5.56 Å². The maximum absolute atomic E-state index is 11.2. The van der Waals surface area contributed by atoms with Gasteiger partial charge in [0.05, 0.1) is 7.11 Å². The van der Waals surface area contributed by atoms with Crippen molar-refractivity contribution in [3.63, 3.8) is 0 Å². The lowest BCUT2D eigenvalue weighted by Crippen LogP contribution is -2.37. The molecular formula is C14H19NO5. The van der Waals surface area contributed by atoms with Crippen LogP contribution >= 0.6 is 0 Å². The molecule has 110 valence electrons. The molecule has 0 amide bonds. The van der Waals surface area contributed by atoms with Crippen molar-refractivity contribution in [3.8, 4) is 17.2 Å². The second-order valence-corrected chi connectivity index (χ2v) is 4.71. The third-order valence-electron chi connectivity index (χ3n) is 3.35. The molecular weight excluding hydrogens is 262 g/mol. The number of methoxy groups -OCH3 is 1. The van der Waals surface area contributed by atoms with Gasteiger partial charge >= 0.3 is 5.97 Å². The Morgan fingerprint density at radius 3 is 2.85 bits per heavy atom. The van der Waals surface area contributed by atoms with Crippen molar-refractivity contribution in [2.24, 2.45) is 0 Å². The summed E-state index contributed by atoms with van der Waals surface area (Å²) in [6, 6.07) is 3.19.